The molecule has 2 aromatic carbocycles. The van der Waals surface area contributed by atoms with Gasteiger partial charge in [-0.1, -0.05) is 18.2 Å². The number of amides is 1. The first-order valence-electron chi connectivity index (χ1n) is 8.54. The molecule has 142 valence electrons. The topological polar surface area (TPSA) is 34.0 Å². The van der Waals surface area contributed by atoms with E-state index in [9.17, 15) is 18.0 Å². The van der Waals surface area contributed by atoms with E-state index in [1.807, 2.05) is 11.4 Å². The predicted molar refractivity (Wildman–Crippen MR) is 103 cm³/mol. The van der Waals surface area contributed by atoms with E-state index in [1.165, 1.54) is 35.6 Å². The highest BCUT2D eigenvalue weighted by atomic mass is 32.1. The number of carbonyl (C=O) groups excluding carboxylic acids is 1. The van der Waals surface area contributed by atoms with Gasteiger partial charge >= 0.3 is 0 Å². The highest BCUT2D eigenvalue weighted by Crippen LogP contribution is 2.27. The number of carbonyl (C=O) groups is 1. The van der Waals surface area contributed by atoms with Crippen LogP contribution < -0.4 is 5.32 Å². The lowest BCUT2D eigenvalue weighted by Gasteiger charge is -2.12. The fourth-order valence-corrected chi connectivity index (χ4v) is 3.85. The Hall–Kier alpha value is -3.06. The zero-order valence-corrected chi connectivity index (χ0v) is 15.4. The maximum atomic E-state index is 14.1. The van der Waals surface area contributed by atoms with Crippen LogP contribution in [0.4, 0.5) is 13.2 Å². The summed E-state index contributed by atoms with van der Waals surface area (Å²) in [6.45, 7) is 0.342. The van der Waals surface area contributed by atoms with E-state index in [0.717, 1.165) is 21.8 Å². The number of nitrogens with one attached hydrogen (secondary N) is 1. The van der Waals surface area contributed by atoms with Crippen molar-refractivity contribution in [1.29, 1.82) is 0 Å². The molecule has 0 unspecified atom stereocenters. The minimum absolute atomic E-state index is 0.103. The second-order valence-corrected chi connectivity index (χ2v) is 7.28. The third-order valence-electron chi connectivity index (χ3n) is 4.47. The van der Waals surface area contributed by atoms with Gasteiger partial charge in [0.2, 0.25) is 0 Å². The van der Waals surface area contributed by atoms with Crippen LogP contribution in [0.5, 0.6) is 0 Å². The number of halogens is 3. The lowest BCUT2D eigenvalue weighted by molar-refractivity contribution is 0.0942. The van der Waals surface area contributed by atoms with Crippen molar-refractivity contribution in [1.82, 2.24) is 9.88 Å². The van der Waals surface area contributed by atoms with E-state index in [0.29, 0.717) is 5.69 Å². The second-order valence-electron chi connectivity index (χ2n) is 6.33. The van der Waals surface area contributed by atoms with E-state index >= 15 is 0 Å². The van der Waals surface area contributed by atoms with Crippen LogP contribution >= 0.6 is 11.3 Å². The summed E-state index contributed by atoms with van der Waals surface area (Å²) in [5, 5.41) is 4.70. The SMILES string of the molecule is O=C(NCc1ccc(F)cc1)c1cc2sccc2n1Cc1ccc(F)cc1F. The number of aromatic nitrogens is 1. The van der Waals surface area contributed by atoms with Crippen molar-refractivity contribution in [3.05, 3.63) is 94.2 Å². The quantitative estimate of drug-likeness (QED) is 0.497. The van der Waals surface area contributed by atoms with Crippen molar-refractivity contribution in [3.8, 4) is 0 Å². The van der Waals surface area contributed by atoms with Crippen molar-refractivity contribution in [2.75, 3.05) is 0 Å². The molecule has 4 aromatic rings. The maximum absolute atomic E-state index is 14.1. The number of hydrogen-bond donors (Lipinski definition) is 1. The third kappa shape index (κ3) is 3.66. The Morgan fingerprint density at radius 2 is 1.71 bits per heavy atom. The Bertz CT molecular complexity index is 1150. The van der Waals surface area contributed by atoms with Crippen molar-refractivity contribution in [3.63, 3.8) is 0 Å². The van der Waals surface area contributed by atoms with Crippen molar-refractivity contribution in [2.24, 2.45) is 0 Å². The minimum Gasteiger partial charge on any atom is -0.347 e. The van der Waals surface area contributed by atoms with Gasteiger partial charge in [-0.05, 0) is 41.3 Å². The van der Waals surface area contributed by atoms with Gasteiger partial charge in [-0.2, -0.15) is 0 Å². The Balaban J connectivity index is 1.61. The Morgan fingerprint density at radius 3 is 2.46 bits per heavy atom. The summed E-state index contributed by atoms with van der Waals surface area (Å²) in [6, 6.07) is 12.9. The highest BCUT2D eigenvalue weighted by Gasteiger charge is 2.18. The van der Waals surface area contributed by atoms with E-state index in [1.54, 1.807) is 22.8 Å². The van der Waals surface area contributed by atoms with Crippen LogP contribution in [0.25, 0.3) is 10.2 Å². The fourth-order valence-electron chi connectivity index (χ4n) is 3.03. The van der Waals surface area contributed by atoms with Gasteiger partial charge < -0.3 is 9.88 Å². The standard InChI is InChI=1S/C21H15F3N2OS/c22-15-4-1-13(2-5-15)11-25-21(27)19-10-20-18(7-8-28-20)26(19)12-14-3-6-16(23)9-17(14)24/h1-10H,11-12H2,(H,25,27). The van der Waals surface area contributed by atoms with E-state index in [2.05, 4.69) is 5.32 Å². The first kappa shape index (κ1) is 18.3. The van der Waals surface area contributed by atoms with Gasteiger partial charge in [0, 0.05) is 18.2 Å². The lowest BCUT2D eigenvalue weighted by Crippen LogP contribution is -2.25. The number of thiophene rings is 1. The van der Waals surface area contributed by atoms with Crippen molar-refractivity contribution < 1.29 is 18.0 Å². The molecule has 1 amide bonds. The first-order valence-corrected chi connectivity index (χ1v) is 9.42. The molecule has 0 saturated heterocycles. The second kappa shape index (κ2) is 7.52. The van der Waals surface area contributed by atoms with Gasteiger partial charge in [0.05, 0.1) is 16.8 Å². The van der Waals surface area contributed by atoms with Crippen molar-refractivity contribution in [2.45, 2.75) is 13.1 Å². The molecule has 7 heteroatoms. The van der Waals surface area contributed by atoms with Crippen LogP contribution in [0.2, 0.25) is 0 Å². The number of rotatable bonds is 5. The number of fused-ring (bicyclic) bond motifs is 1. The molecule has 0 aliphatic rings. The molecule has 2 aromatic heterocycles. The van der Waals surface area contributed by atoms with Gasteiger partial charge in [-0.25, -0.2) is 13.2 Å². The molecule has 0 fully saturated rings. The summed E-state index contributed by atoms with van der Waals surface area (Å²) in [7, 11) is 0. The summed E-state index contributed by atoms with van der Waals surface area (Å²) >= 11 is 1.48. The van der Waals surface area contributed by atoms with Crippen LogP contribution in [-0.2, 0) is 13.1 Å². The van der Waals surface area contributed by atoms with Crippen LogP contribution in [0.3, 0.4) is 0 Å². The molecule has 3 nitrogen and oxygen atoms in total. The van der Waals surface area contributed by atoms with Crippen LogP contribution in [0.15, 0.2) is 60.0 Å². The smallest absolute Gasteiger partial charge is 0.268 e. The summed E-state index contributed by atoms with van der Waals surface area (Å²) in [5.74, 6) is -1.97. The Labute approximate surface area is 163 Å². The first-order chi connectivity index (χ1) is 13.5. The number of nitrogens with zero attached hydrogens (tertiary/aromatic N) is 1. The lowest BCUT2D eigenvalue weighted by atomic mass is 10.2. The van der Waals surface area contributed by atoms with Crippen molar-refractivity contribution >= 4 is 27.5 Å². The average Bonchev–Trinajstić information content (AvgIpc) is 3.25. The van der Waals surface area contributed by atoms with Gasteiger partial charge in [0.15, 0.2) is 0 Å². The molecule has 0 atom stereocenters. The van der Waals surface area contributed by atoms with Crippen LogP contribution in [0, 0.1) is 17.5 Å². The molecule has 2 heterocycles. The van der Waals surface area contributed by atoms with Crippen LogP contribution in [-0.4, -0.2) is 10.5 Å². The van der Waals surface area contributed by atoms with Gasteiger partial charge in [0.25, 0.3) is 5.91 Å². The van der Waals surface area contributed by atoms with E-state index in [4.69, 9.17) is 0 Å². The predicted octanol–water partition coefficient (Wildman–Crippen LogP) is 5.10. The van der Waals surface area contributed by atoms with Gasteiger partial charge in [0.1, 0.15) is 23.1 Å². The van der Waals surface area contributed by atoms with E-state index in [-0.39, 0.29) is 30.4 Å². The molecule has 28 heavy (non-hydrogen) atoms. The van der Waals surface area contributed by atoms with Crippen LogP contribution in [0.1, 0.15) is 21.6 Å². The number of hydrogen-bond acceptors (Lipinski definition) is 2. The molecular formula is C21H15F3N2OS. The molecular weight excluding hydrogens is 385 g/mol. The third-order valence-corrected chi connectivity index (χ3v) is 5.32. The average molecular weight is 400 g/mol. The minimum atomic E-state index is -0.658. The summed E-state index contributed by atoms with van der Waals surface area (Å²) in [4.78, 5) is 12.7. The zero-order chi connectivity index (χ0) is 19.7. The summed E-state index contributed by atoms with van der Waals surface area (Å²) in [5.41, 5.74) is 2.24. The summed E-state index contributed by atoms with van der Waals surface area (Å²) in [6.07, 6.45) is 0. The number of benzene rings is 2. The zero-order valence-electron chi connectivity index (χ0n) is 14.6. The molecule has 0 aliphatic heterocycles. The maximum Gasteiger partial charge on any atom is 0.268 e. The molecule has 0 spiro atoms. The fraction of sp³-hybridized carbons (Fsp3) is 0.0952. The van der Waals surface area contributed by atoms with Gasteiger partial charge in [-0.15, -0.1) is 11.3 Å². The molecule has 4 rings (SSSR count). The Kier molecular flexibility index (Phi) is 4.92. The molecule has 0 aliphatic carbocycles. The highest BCUT2D eigenvalue weighted by molar-refractivity contribution is 7.17. The monoisotopic (exact) mass is 400 g/mol. The largest absolute Gasteiger partial charge is 0.347 e. The summed E-state index contributed by atoms with van der Waals surface area (Å²) < 4.78 is 42.9. The molecule has 0 saturated carbocycles. The van der Waals surface area contributed by atoms with Gasteiger partial charge in [-0.3, -0.25) is 4.79 Å². The molecule has 0 radical (unpaired) electrons. The Morgan fingerprint density at radius 1 is 0.964 bits per heavy atom. The van der Waals surface area contributed by atoms with E-state index < -0.39 is 11.6 Å². The normalized spacial score (nSPS) is 11.1. The molecule has 1 N–H and O–H groups in total. The molecule has 0 bridgehead atoms.